The first-order chi connectivity index (χ1) is 10.0. The van der Waals surface area contributed by atoms with Gasteiger partial charge in [-0.1, -0.05) is 31.9 Å². The number of carbonyl (C=O) groups is 1. The maximum Gasteiger partial charge on any atom is 0.234 e. The molecule has 0 aromatic heterocycles. The zero-order chi connectivity index (χ0) is 15.2. The summed E-state index contributed by atoms with van der Waals surface area (Å²) >= 11 is 0. The number of amides is 1. The fraction of sp³-hybridized carbons (Fsp3) is 0.588. The van der Waals surface area contributed by atoms with Gasteiger partial charge in [0.05, 0.1) is 6.54 Å². The molecule has 1 aromatic rings. The number of benzene rings is 1. The number of hydrogen-bond donors (Lipinski definition) is 1. The van der Waals surface area contributed by atoms with Crippen molar-refractivity contribution in [2.45, 2.75) is 45.2 Å². The molecule has 0 radical (unpaired) electrons. The Morgan fingerprint density at radius 3 is 2.86 bits per heavy atom. The van der Waals surface area contributed by atoms with Gasteiger partial charge in [-0.2, -0.15) is 0 Å². The third-order valence-electron chi connectivity index (χ3n) is 4.21. The van der Waals surface area contributed by atoms with Crippen molar-refractivity contribution in [2.24, 2.45) is 5.92 Å². The molecule has 116 valence electrons. The van der Waals surface area contributed by atoms with E-state index >= 15 is 0 Å². The molecule has 4 heteroatoms. The zero-order valence-electron chi connectivity index (χ0n) is 12.9. The van der Waals surface area contributed by atoms with E-state index in [9.17, 15) is 9.18 Å². The third-order valence-corrected chi connectivity index (χ3v) is 4.21. The monoisotopic (exact) mass is 292 g/mol. The van der Waals surface area contributed by atoms with Crippen molar-refractivity contribution in [3.8, 4) is 0 Å². The summed E-state index contributed by atoms with van der Waals surface area (Å²) in [5.74, 6) is 0.394. The predicted molar refractivity (Wildman–Crippen MR) is 82.3 cm³/mol. The second-order valence-electron chi connectivity index (χ2n) is 6.24. The van der Waals surface area contributed by atoms with Gasteiger partial charge in [0.15, 0.2) is 0 Å². The van der Waals surface area contributed by atoms with Crippen molar-refractivity contribution < 1.29 is 9.18 Å². The lowest BCUT2D eigenvalue weighted by Gasteiger charge is -2.30. The maximum absolute atomic E-state index is 13.1. The highest BCUT2D eigenvalue weighted by Gasteiger charge is 2.22. The van der Waals surface area contributed by atoms with Crippen LogP contribution in [0.2, 0.25) is 0 Å². The summed E-state index contributed by atoms with van der Waals surface area (Å²) in [4.78, 5) is 14.0. The Kier molecular flexibility index (Phi) is 5.74. The van der Waals surface area contributed by atoms with Gasteiger partial charge in [-0.05, 0) is 43.5 Å². The van der Waals surface area contributed by atoms with Crippen molar-refractivity contribution >= 4 is 5.91 Å². The SMILES string of the molecule is C[C@@H]1CCCC[C@@H]1NC(=O)CN(C)Cc1cccc(F)c1. The van der Waals surface area contributed by atoms with Crippen molar-refractivity contribution in [1.82, 2.24) is 10.2 Å². The first-order valence-electron chi connectivity index (χ1n) is 7.77. The second kappa shape index (κ2) is 7.55. The molecule has 1 aliphatic carbocycles. The van der Waals surface area contributed by atoms with Gasteiger partial charge in [-0.25, -0.2) is 4.39 Å². The van der Waals surface area contributed by atoms with Gasteiger partial charge in [-0.3, -0.25) is 9.69 Å². The number of likely N-dealkylation sites (N-methyl/N-ethyl adjacent to an activating group) is 1. The van der Waals surface area contributed by atoms with Crippen molar-refractivity contribution in [3.63, 3.8) is 0 Å². The normalized spacial score (nSPS) is 22.3. The van der Waals surface area contributed by atoms with Crippen LogP contribution in [0.15, 0.2) is 24.3 Å². The minimum Gasteiger partial charge on any atom is -0.352 e. The van der Waals surface area contributed by atoms with Gasteiger partial charge in [0.1, 0.15) is 5.82 Å². The van der Waals surface area contributed by atoms with E-state index in [-0.39, 0.29) is 11.7 Å². The average Bonchev–Trinajstić information content (AvgIpc) is 2.41. The minimum atomic E-state index is -0.235. The van der Waals surface area contributed by atoms with Gasteiger partial charge in [0, 0.05) is 12.6 Å². The van der Waals surface area contributed by atoms with Crippen LogP contribution in [0.25, 0.3) is 0 Å². The maximum atomic E-state index is 13.1. The van der Waals surface area contributed by atoms with Crippen molar-refractivity contribution in [1.29, 1.82) is 0 Å². The lowest BCUT2D eigenvalue weighted by Crippen LogP contribution is -2.44. The fourth-order valence-electron chi connectivity index (χ4n) is 3.03. The van der Waals surface area contributed by atoms with Gasteiger partial charge in [0.2, 0.25) is 5.91 Å². The molecule has 2 atom stereocenters. The molecule has 0 saturated heterocycles. The van der Waals surface area contributed by atoms with Gasteiger partial charge in [-0.15, -0.1) is 0 Å². The highest BCUT2D eigenvalue weighted by molar-refractivity contribution is 5.78. The van der Waals surface area contributed by atoms with Crippen LogP contribution < -0.4 is 5.32 Å². The Labute approximate surface area is 126 Å². The molecule has 2 rings (SSSR count). The van der Waals surface area contributed by atoms with Gasteiger partial charge >= 0.3 is 0 Å². The molecule has 0 heterocycles. The molecule has 1 aliphatic rings. The highest BCUT2D eigenvalue weighted by atomic mass is 19.1. The third kappa shape index (κ3) is 5.12. The Hall–Kier alpha value is -1.42. The number of nitrogens with one attached hydrogen (secondary N) is 1. The van der Waals surface area contributed by atoms with E-state index in [4.69, 9.17) is 0 Å². The summed E-state index contributed by atoms with van der Waals surface area (Å²) < 4.78 is 13.1. The van der Waals surface area contributed by atoms with E-state index in [1.807, 2.05) is 18.0 Å². The van der Waals surface area contributed by atoms with Gasteiger partial charge < -0.3 is 5.32 Å². The molecular weight excluding hydrogens is 267 g/mol. The van der Waals surface area contributed by atoms with Crippen LogP contribution in [-0.2, 0) is 11.3 Å². The summed E-state index contributed by atoms with van der Waals surface area (Å²) in [5, 5.41) is 3.14. The van der Waals surface area contributed by atoms with Crippen LogP contribution in [0.5, 0.6) is 0 Å². The van der Waals surface area contributed by atoms with Crippen LogP contribution in [-0.4, -0.2) is 30.4 Å². The van der Waals surface area contributed by atoms with E-state index < -0.39 is 0 Å². The predicted octanol–water partition coefficient (Wildman–Crippen LogP) is 2.95. The Bertz CT molecular complexity index is 478. The largest absolute Gasteiger partial charge is 0.352 e. The molecule has 0 spiro atoms. The molecule has 1 aromatic carbocycles. The van der Waals surface area contributed by atoms with Crippen LogP contribution in [0, 0.1) is 11.7 Å². The van der Waals surface area contributed by atoms with E-state index in [0.717, 1.165) is 12.0 Å². The number of nitrogens with zero attached hydrogens (tertiary/aromatic N) is 1. The molecule has 0 bridgehead atoms. The van der Waals surface area contributed by atoms with E-state index in [0.29, 0.717) is 25.0 Å². The number of hydrogen-bond acceptors (Lipinski definition) is 2. The molecule has 3 nitrogen and oxygen atoms in total. The lowest BCUT2D eigenvalue weighted by molar-refractivity contribution is -0.123. The Morgan fingerprint density at radius 2 is 2.14 bits per heavy atom. The Balaban J connectivity index is 1.79. The quantitative estimate of drug-likeness (QED) is 0.905. The molecule has 0 aliphatic heterocycles. The standard InChI is InChI=1S/C17H25FN2O/c1-13-6-3-4-9-16(13)19-17(21)12-20(2)11-14-7-5-8-15(18)10-14/h5,7-8,10,13,16H,3-4,6,9,11-12H2,1-2H3,(H,19,21)/t13-,16+/m1/s1. The van der Waals surface area contributed by atoms with Crippen molar-refractivity contribution in [3.05, 3.63) is 35.6 Å². The van der Waals surface area contributed by atoms with E-state index in [2.05, 4.69) is 12.2 Å². The summed E-state index contributed by atoms with van der Waals surface area (Å²) in [6, 6.07) is 6.83. The fourth-order valence-corrected chi connectivity index (χ4v) is 3.03. The summed E-state index contributed by atoms with van der Waals surface area (Å²) in [6.07, 6.45) is 4.76. The summed E-state index contributed by atoms with van der Waals surface area (Å²) in [6.45, 7) is 3.13. The lowest BCUT2D eigenvalue weighted by atomic mass is 9.86. The van der Waals surface area contributed by atoms with Crippen molar-refractivity contribution in [2.75, 3.05) is 13.6 Å². The molecule has 21 heavy (non-hydrogen) atoms. The summed E-state index contributed by atoms with van der Waals surface area (Å²) in [7, 11) is 1.88. The summed E-state index contributed by atoms with van der Waals surface area (Å²) in [5.41, 5.74) is 0.885. The number of rotatable bonds is 5. The topological polar surface area (TPSA) is 32.3 Å². The van der Waals surface area contributed by atoms with E-state index in [1.165, 1.54) is 31.4 Å². The average molecular weight is 292 g/mol. The number of halogens is 1. The highest BCUT2D eigenvalue weighted by Crippen LogP contribution is 2.23. The van der Waals surface area contributed by atoms with Crippen LogP contribution >= 0.6 is 0 Å². The molecule has 1 saturated carbocycles. The van der Waals surface area contributed by atoms with Crippen LogP contribution in [0.1, 0.15) is 38.2 Å². The zero-order valence-corrected chi connectivity index (χ0v) is 12.9. The molecular formula is C17H25FN2O. The second-order valence-corrected chi connectivity index (χ2v) is 6.24. The van der Waals surface area contributed by atoms with Gasteiger partial charge in [0.25, 0.3) is 0 Å². The first kappa shape index (κ1) is 16.0. The Morgan fingerprint density at radius 1 is 1.38 bits per heavy atom. The molecule has 1 N–H and O–H groups in total. The van der Waals surface area contributed by atoms with Crippen LogP contribution in [0.4, 0.5) is 4.39 Å². The van der Waals surface area contributed by atoms with E-state index in [1.54, 1.807) is 6.07 Å². The molecule has 1 fully saturated rings. The van der Waals surface area contributed by atoms with Crippen LogP contribution in [0.3, 0.4) is 0 Å². The first-order valence-corrected chi connectivity index (χ1v) is 7.77. The molecule has 1 amide bonds. The number of carbonyl (C=O) groups excluding carboxylic acids is 1. The minimum absolute atomic E-state index is 0.0626. The smallest absolute Gasteiger partial charge is 0.234 e. The molecule has 0 unspecified atom stereocenters.